The van der Waals surface area contributed by atoms with E-state index in [-0.39, 0.29) is 18.2 Å². The van der Waals surface area contributed by atoms with Gasteiger partial charge in [-0.25, -0.2) is 9.78 Å². The third-order valence-electron chi connectivity index (χ3n) is 3.18. The van der Waals surface area contributed by atoms with E-state index in [0.717, 1.165) is 5.56 Å². The molecule has 0 radical (unpaired) electrons. The smallest absolute Gasteiger partial charge is 0.326 e. The third kappa shape index (κ3) is 3.77. The van der Waals surface area contributed by atoms with Gasteiger partial charge in [0.05, 0.1) is 12.5 Å². The SMILES string of the molecule is O=C(N[C@H](Cc1cccnc1Br)C(=O)O)[C@@H]1CCOC1. The van der Waals surface area contributed by atoms with Gasteiger partial charge in [0.25, 0.3) is 0 Å². The molecule has 0 aromatic carbocycles. The van der Waals surface area contributed by atoms with Crippen molar-refractivity contribution in [1.29, 1.82) is 0 Å². The van der Waals surface area contributed by atoms with E-state index in [1.165, 1.54) is 0 Å². The van der Waals surface area contributed by atoms with Crippen molar-refractivity contribution in [3.05, 3.63) is 28.5 Å². The number of ether oxygens (including phenoxy) is 1. The molecule has 7 heteroatoms. The number of rotatable bonds is 5. The number of hydrogen-bond donors (Lipinski definition) is 2. The number of hydrogen-bond acceptors (Lipinski definition) is 4. The van der Waals surface area contributed by atoms with Crippen LogP contribution in [0.3, 0.4) is 0 Å². The topological polar surface area (TPSA) is 88.5 Å². The molecular formula is C13H15BrN2O4. The Balaban J connectivity index is 2.02. The lowest BCUT2D eigenvalue weighted by molar-refractivity contribution is -0.142. The first-order valence-electron chi connectivity index (χ1n) is 6.28. The molecule has 2 atom stereocenters. The monoisotopic (exact) mass is 342 g/mol. The Labute approximate surface area is 124 Å². The van der Waals surface area contributed by atoms with Gasteiger partial charge in [0, 0.05) is 19.2 Å². The van der Waals surface area contributed by atoms with Gasteiger partial charge < -0.3 is 15.2 Å². The number of amides is 1. The van der Waals surface area contributed by atoms with Crippen molar-refractivity contribution in [2.45, 2.75) is 18.9 Å². The Morgan fingerprint density at radius 2 is 2.40 bits per heavy atom. The molecule has 1 aliphatic rings. The van der Waals surface area contributed by atoms with E-state index in [4.69, 9.17) is 4.74 Å². The largest absolute Gasteiger partial charge is 0.480 e. The molecule has 1 saturated heterocycles. The Kier molecular flexibility index (Phi) is 5.08. The van der Waals surface area contributed by atoms with Crippen LogP contribution in [0.5, 0.6) is 0 Å². The Hall–Kier alpha value is -1.47. The predicted octanol–water partition coefficient (Wildman–Crippen LogP) is 0.992. The lowest BCUT2D eigenvalue weighted by atomic mass is 10.0. The van der Waals surface area contributed by atoms with Crippen molar-refractivity contribution in [3.63, 3.8) is 0 Å². The maximum Gasteiger partial charge on any atom is 0.326 e. The quantitative estimate of drug-likeness (QED) is 0.779. The summed E-state index contributed by atoms with van der Waals surface area (Å²) >= 11 is 3.27. The summed E-state index contributed by atoms with van der Waals surface area (Å²) in [7, 11) is 0. The minimum absolute atomic E-state index is 0.184. The molecule has 20 heavy (non-hydrogen) atoms. The zero-order valence-electron chi connectivity index (χ0n) is 10.7. The van der Waals surface area contributed by atoms with Crippen LogP contribution in [0.4, 0.5) is 0 Å². The summed E-state index contributed by atoms with van der Waals surface area (Å²) in [5.41, 5.74) is 0.739. The maximum atomic E-state index is 12.0. The van der Waals surface area contributed by atoms with Crippen LogP contribution in [0.15, 0.2) is 22.9 Å². The fourth-order valence-corrected chi connectivity index (χ4v) is 2.43. The van der Waals surface area contributed by atoms with E-state index in [1.807, 2.05) is 0 Å². The molecule has 0 bridgehead atoms. The van der Waals surface area contributed by atoms with Gasteiger partial charge in [-0.15, -0.1) is 0 Å². The van der Waals surface area contributed by atoms with Crippen LogP contribution >= 0.6 is 15.9 Å². The van der Waals surface area contributed by atoms with Crippen molar-refractivity contribution in [2.24, 2.45) is 5.92 Å². The molecule has 2 rings (SSSR count). The minimum Gasteiger partial charge on any atom is -0.480 e. The van der Waals surface area contributed by atoms with E-state index >= 15 is 0 Å². The number of pyridine rings is 1. The summed E-state index contributed by atoms with van der Waals surface area (Å²) in [6, 6.07) is 2.53. The highest BCUT2D eigenvalue weighted by molar-refractivity contribution is 9.10. The number of aliphatic carboxylic acids is 1. The number of nitrogens with zero attached hydrogens (tertiary/aromatic N) is 1. The van der Waals surface area contributed by atoms with Gasteiger partial charge in [-0.05, 0) is 34.0 Å². The number of carboxylic acids is 1. The summed E-state index contributed by atoms with van der Waals surface area (Å²) in [4.78, 5) is 27.3. The van der Waals surface area contributed by atoms with Crippen molar-refractivity contribution in [3.8, 4) is 0 Å². The molecule has 108 valence electrons. The second kappa shape index (κ2) is 6.81. The molecule has 2 heterocycles. The van der Waals surface area contributed by atoms with Gasteiger partial charge >= 0.3 is 5.97 Å². The van der Waals surface area contributed by atoms with E-state index in [9.17, 15) is 14.7 Å². The first-order valence-corrected chi connectivity index (χ1v) is 7.07. The van der Waals surface area contributed by atoms with E-state index in [2.05, 4.69) is 26.2 Å². The molecule has 0 unspecified atom stereocenters. The summed E-state index contributed by atoms with van der Waals surface area (Å²) in [5, 5.41) is 11.8. The first-order chi connectivity index (χ1) is 9.58. The highest BCUT2D eigenvalue weighted by Crippen LogP contribution is 2.16. The summed E-state index contributed by atoms with van der Waals surface area (Å²) in [6.07, 6.45) is 2.43. The number of aromatic nitrogens is 1. The van der Waals surface area contributed by atoms with E-state index in [0.29, 0.717) is 24.2 Å². The van der Waals surface area contributed by atoms with Crippen LogP contribution in [-0.4, -0.2) is 41.2 Å². The Morgan fingerprint density at radius 3 is 3.00 bits per heavy atom. The van der Waals surface area contributed by atoms with Gasteiger partial charge in [-0.1, -0.05) is 6.07 Å². The molecule has 1 amide bonds. The molecule has 2 N–H and O–H groups in total. The molecule has 1 aromatic heterocycles. The van der Waals surface area contributed by atoms with Crippen molar-refractivity contribution >= 4 is 27.8 Å². The van der Waals surface area contributed by atoms with E-state index in [1.54, 1.807) is 18.3 Å². The molecular weight excluding hydrogens is 328 g/mol. The van der Waals surface area contributed by atoms with Crippen LogP contribution in [0, 0.1) is 5.92 Å². The lowest BCUT2D eigenvalue weighted by Gasteiger charge is -2.17. The second-order valence-corrected chi connectivity index (χ2v) is 5.37. The summed E-state index contributed by atoms with van der Waals surface area (Å²) in [5.74, 6) is -1.59. The van der Waals surface area contributed by atoms with Crippen LogP contribution < -0.4 is 5.32 Å². The molecule has 0 spiro atoms. The molecule has 0 saturated carbocycles. The lowest BCUT2D eigenvalue weighted by Crippen LogP contribution is -2.45. The number of nitrogens with one attached hydrogen (secondary N) is 1. The Morgan fingerprint density at radius 1 is 1.60 bits per heavy atom. The van der Waals surface area contributed by atoms with Gasteiger partial charge in [-0.3, -0.25) is 4.79 Å². The fraction of sp³-hybridized carbons (Fsp3) is 0.462. The molecule has 0 aliphatic carbocycles. The van der Waals surface area contributed by atoms with Crippen LogP contribution in [0.1, 0.15) is 12.0 Å². The molecule has 1 fully saturated rings. The zero-order chi connectivity index (χ0) is 14.5. The summed E-state index contributed by atoms with van der Waals surface area (Å²) < 4.78 is 5.72. The first kappa shape index (κ1) is 14.9. The van der Waals surface area contributed by atoms with Crippen LogP contribution in [-0.2, 0) is 20.7 Å². The van der Waals surface area contributed by atoms with Crippen molar-refractivity contribution in [1.82, 2.24) is 10.3 Å². The molecule has 6 nitrogen and oxygen atoms in total. The van der Waals surface area contributed by atoms with E-state index < -0.39 is 12.0 Å². The molecule has 1 aliphatic heterocycles. The summed E-state index contributed by atoms with van der Waals surface area (Å²) in [6.45, 7) is 0.902. The van der Waals surface area contributed by atoms with Crippen LogP contribution in [0.25, 0.3) is 0 Å². The normalized spacial score (nSPS) is 19.6. The van der Waals surface area contributed by atoms with Crippen molar-refractivity contribution in [2.75, 3.05) is 13.2 Å². The standard InChI is InChI=1S/C13H15BrN2O4/c14-11-8(2-1-4-15-11)6-10(13(18)19)16-12(17)9-3-5-20-7-9/h1-2,4,9-10H,3,5-7H2,(H,16,17)(H,18,19)/t9-,10-/m1/s1. The van der Waals surface area contributed by atoms with Gasteiger partial charge in [-0.2, -0.15) is 0 Å². The Bertz CT molecular complexity index is 503. The number of carbonyl (C=O) groups excluding carboxylic acids is 1. The zero-order valence-corrected chi connectivity index (χ0v) is 12.3. The minimum atomic E-state index is -1.06. The average Bonchev–Trinajstić information content (AvgIpc) is 2.94. The van der Waals surface area contributed by atoms with Gasteiger partial charge in [0.2, 0.25) is 5.91 Å². The second-order valence-electron chi connectivity index (χ2n) is 4.62. The van der Waals surface area contributed by atoms with Gasteiger partial charge in [0.1, 0.15) is 10.6 Å². The van der Waals surface area contributed by atoms with Crippen molar-refractivity contribution < 1.29 is 19.4 Å². The number of carboxylic acid groups (broad SMARTS) is 1. The fourth-order valence-electron chi connectivity index (χ4n) is 2.02. The highest BCUT2D eigenvalue weighted by Gasteiger charge is 2.28. The number of halogens is 1. The highest BCUT2D eigenvalue weighted by atomic mass is 79.9. The van der Waals surface area contributed by atoms with Crippen LogP contribution in [0.2, 0.25) is 0 Å². The number of carbonyl (C=O) groups is 2. The third-order valence-corrected chi connectivity index (χ3v) is 3.89. The average molecular weight is 343 g/mol. The maximum absolute atomic E-state index is 12.0. The predicted molar refractivity (Wildman–Crippen MR) is 74.1 cm³/mol. The molecule has 1 aromatic rings. The van der Waals surface area contributed by atoms with Gasteiger partial charge in [0.15, 0.2) is 0 Å².